The van der Waals surface area contributed by atoms with Crippen molar-refractivity contribution in [1.82, 2.24) is 10.6 Å². The fourth-order valence-corrected chi connectivity index (χ4v) is 2.96. The van der Waals surface area contributed by atoms with Crippen molar-refractivity contribution in [3.05, 3.63) is 69.7 Å². The highest BCUT2D eigenvalue weighted by Gasteiger charge is 2.31. The minimum atomic E-state index is -4.36. The van der Waals surface area contributed by atoms with E-state index in [1.165, 1.54) is 12.1 Å². The van der Waals surface area contributed by atoms with Crippen LogP contribution in [0.2, 0.25) is 0 Å². The zero-order valence-corrected chi connectivity index (χ0v) is 14.9. The van der Waals surface area contributed by atoms with Gasteiger partial charge in [0.2, 0.25) is 0 Å². The van der Waals surface area contributed by atoms with E-state index in [-0.39, 0.29) is 6.04 Å². The van der Waals surface area contributed by atoms with E-state index < -0.39 is 11.7 Å². The third kappa shape index (κ3) is 4.75. The maximum absolute atomic E-state index is 13.0. The van der Waals surface area contributed by atoms with Gasteiger partial charge in [0.15, 0.2) is 5.96 Å². The third-order valence-corrected chi connectivity index (χ3v) is 4.48. The van der Waals surface area contributed by atoms with Gasteiger partial charge in [0.05, 0.1) is 18.2 Å². The van der Waals surface area contributed by atoms with Gasteiger partial charge < -0.3 is 10.6 Å². The largest absolute Gasteiger partial charge is 0.416 e. The second-order valence-corrected chi connectivity index (χ2v) is 6.72. The molecule has 1 atom stereocenters. The van der Waals surface area contributed by atoms with E-state index in [0.717, 1.165) is 22.6 Å². The van der Waals surface area contributed by atoms with Crippen LogP contribution >= 0.6 is 15.9 Å². The Kier molecular flexibility index (Phi) is 5.32. The third-order valence-electron chi connectivity index (χ3n) is 3.95. The Labute approximate surface area is 152 Å². The Morgan fingerprint density at radius 1 is 1.16 bits per heavy atom. The molecule has 0 fully saturated rings. The molecule has 0 radical (unpaired) electrons. The van der Waals surface area contributed by atoms with Gasteiger partial charge in [-0.1, -0.05) is 40.2 Å². The number of hydrogen-bond acceptors (Lipinski definition) is 3. The van der Waals surface area contributed by atoms with Crippen molar-refractivity contribution in [2.24, 2.45) is 4.99 Å². The summed E-state index contributed by atoms with van der Waals surface area (Å²) in [4.78, 5) is 4.29. The van der Waals surface area contributed by atoms with Crippen LogP contribution in [0.3, 0.4) is 0 Å². The lowest BCUT2D eigenvalue weighted by molar-refractivity contribution is -0.137. The summed E-state index contributed by atoms with van der Waals surface area (Å²) in [6, 6.07) is 12.9. The van der Waals surface area contributed by atoms with E-state index >= 15 is 0 Å². The number of alkyl halides is 3. The summed E-state index contributed by atoms with van der Waals surface area (Å²) in [7, 11) is 0. The van der Waals surface area contributed by atoms with Gasteiger partial charge in [0, 0.05) is 11.0 Å². The summed E-state index contributed by atoms with van der Waals surface area (Å²) in [6.45, 7) is 1.39. The average Bonchev–Trinajstić information content (AvgIpc) is 3.09. The van der Waals surface area contributed by atoms with Crippen LogP contribution in [0.4, 0.5) is 13.2 Å². The fraction of sp³-hybridized carbons (Fsp3) is 0.278. The van der Waals surface area contributed by atoms with Gasteiger partial charge in [-0.25, -0.2) is 0 Å². The van der Waals surface area contributed by atoms with Gasteiger partial charge in [-0.15, -0.1) is 0 Å². The highest BCUT2D eigenvalue weighted by molar-refractivity contribution is 9.10. The second kappa shape index (κ2) is 7.47. The molecule has 3 nitrogen and oxygen atoms in total. The topological polar surface area (TPSA) is 36.4 Å². The number of nitrogens with zero attached hydrogens (tertiary/aromatic N) is 1. The number of nitrogens with one attached hydrogen (secondary N) is 2. The van der Waals surface area contributed by atoms with Crippen molar-refractivity contribution in [2.75, 3.05) is 13.1 Å². The molecular formula is C18H17BrF3N3. The summed E-state index contributed by atoms with van der Waals surface area (Å²) >= 11 is 3.39. The molecule has 1 aliphatic rings. The van der Waals surface area contributed by atoms with Crippen LogP contribution < -0.4 is 10.6 Å². The quantitative estimate of drug-likeness (QED) is 0.786. The number of benzene rings is 2. The van der Waals surface area contributed by atoms with Crippen LogP contribution in [-0.4, -0.2) is 19.0 Å². The van der Waals surface area contributed by atoms with Gasteiger partial charge in [-0.05, 0) is 41.8 Å². The molecule has 132 valence electrons. The fourth-order valence-electron chi connectivity index (χ4n) is 2.70. The monoisotopic (exact) mass is 411 g/mol. The van der Waals surface area contributed by atoms with E-state index in [4.69, 9.17) is 0 Å². The van der Waals surface area contributed by atoms with Crippen LogP contribution in [0, 0.1) is 0 Å². The Bertz CT molecular complexity index is 757. The van der Waals surface area contributed by atoms with Gasteiger partial charge >= 0.3 is 6.18 Å². The molecule has 2 N–H and O–H groups in total. The minimum absolute atomic E-state index is 0.312. The van der Waals surface area contributed by atoms with Crippen molar-refractivity contribution in [3.8, 4) is 0 Å². The number of rotatable bonds is 4. The number of hydrogen-bond donors (Lipinski definition) is 2. The molecule has 25 heavy (non-hydrogen) atoms. The summed E-state index contributed by atoms with van der Waals surface area (Å²) in [6.07, 6.45) is -3.81. The first-order valence-electron chi connectivity index (χ1n) is 7.88. The zero-order valence-electron chi connectivity index (χ0n) is 13.3. The Morgan fingerprint density at radius 3 is 2.56 bits per heavy atom. The SMILES string of the molecule is FC(F)(F)c1cccc(C(Cc2ccc(Br)cc2)NC2=NCCN2)c1. The standard InChI is InChI=1S/C18H17BrF3N3/c19-15-6-4-12(5-7-15)10-16(25-17-23-8-9-24-17)13-2-1-3-14(11-13)18(20,21)22/h1-7,11,16H,8-10H2,(H2,23,24,25). The van der Waals surface area contributed by atoms with Crippen LogP contribution in [0.15, 0.2) is 58.0 Å². The Morgan fingerprint density at radius 2 is 1.92 bits per heavy atom. The lowest BCUT2D eigenvalue weighted by Gasteiger charge is -2.21. The lowest BCUT2D eigenvalue weighted by Crippen LogP contribution is -2.37. The van der Waals surface area contributed by atoms with E-state index in [1.807, 2.05) is 24.3 Å². The van der Waals surface area contributed by atoms with Crippen LogP contribution in [0.25, 0.3) is 0 Å². The molecule has 1 heterocycles. The number of guanidine groups is 1. The molecule has 2 aromatic rings. The van der Waals surface area contributed by atoms with Crippen molar-refractivity contribution in [1.29, 1.82) is 0 Å². The van der Waals surface area contributed by atoms with Crippen molar-refractivity contribution < 1.29 is 13.2 Å². The van der Waals surface area contributed by atoms with E-state index in [1.54, 1.807) is 6.07 Å². The minimum Gasteiger partial charge on any atom is -0.355 e. The van der Waals surface area contributed by atoms with Gasteiger partial charge in [-0.2, -0.15) is 13.2 Å². The van der Waals surface area contributed by atoms with Crippen LogP contribution in [-0.2, 0) is 12.6 Å². The second-order valence-electron chi connectivity index (χ2n) is 5.81. The maximum Gasteiger partial charge on any atom is 0.416 e. The molecule has 0 bridgehead atoms. The molecule has 0 aromatic heterocycles. The van der Waals surface area contributed by atoms with Gasteiger partial charge in [-0.3, -0.25) is 4.99 Å². The first kappa shape index (κ1) is 17.8. The Balaban J connectivity index is 1.88. The first-order valence-corrected chi connectivity index (χ1v) is 8.67. The van der Waals surface area contributed by atoms with E-state index in [9.17, 15) is 13.2 Å². The lowest BCUT2D eigenvalue weighted by atomic mass is 9.97. The summed E-state index contributed by atoms with van der Waals surface area (Å²) in [5.41, 5.74) is 0.958. The van der Waals surface area contributed by atoms with Crippen molar-refractivity contribution >= 4 is 21.9 Å². The van der Waals surface area contributed by atoms with E-state index in [2.05, 4.69) is 31.6 Å². The Hall–Kier alpha value is -2.02. The predicted molar refractivity (Wildman–Crippen MR) is 95.5 cm³/mol. The van der Waals surface area contributed by atoms with Crippen molar-refractivity contribution in [2.45, 2.75) is 18.6 Å². The normalized spacial score (nSPS) is 15.4. The molecular weight excluding hydrogens is 395 g/mol. The zero-order chi connectivity index (χ0) is 17.9. The highest BCUT2D eigenvalue weighted by Crippen LogP contribution is 2.31. The molecule has 1 unspecified atom stereocenters. The molecule has 0 saturated carbocycles. The number of aliphatic imine (C=N–C) groups is 1. The molecule has 2 aromatic carbocycles. The molecule has 0 saturated heterocycles. The van der Waals surface area contributed by atoms with Gasteiger partial charge in [0.1, 0.15) is 0 Å². The summed E-state index contributed by atoms with van der Waals surface area (Å²) in [5, 5.41) is 6.34. The predicted octanol–water partition coefficient (Wildman–Crippen LogP) is 4.30. The highest BCUT2D eigenvalue weighted by atomic mass is 79.9. The molecule has 0 spiro atoms. The van der Waals surface area contributed by atoms with Crippen molar-refractivity contribution in [3.63, 3.8) is 0 Å². The van der Waals surface area contributed by atoms with Crippen LogP contribution in [0.1, 0.15) is 22.7 Å². The molecule has 0 amide bonds. The summed E-state index contributed by atoms with van der Waals surface area (Å²) in [5.74, 6) is 0.625. The maximum atomic E-state index is 13.0. The smallest absolute Gasteiger partial charge is 0.355 e. The van der Waals surface area contributed by atoms with Crippen LogP contribution in [0.5, 0.6) is 0 Å². The molecule has 0 aliphatic carbocycles. The first-order chi connectivity index (χ1) is 11.9. The number of halogens is 4. The molecule has 3 rings (SSSR count). The summed E-state index contributed by atoms with van der Waals surface area (Å²) < 4.78 is 40.1. The molecule has 1 aliphatic heterocycles. The average molecular weight is 412 g/mol. The molecule has 7 heteroatoms. The van der Waals surface area contributed by atoms with Gasteiger partial charge in [0.25, 0.3) is 0 Å². The van der Waals surface area contributed by atoms with E-state index in [0.29, 0.717) is 24.5 Å².